The highest BCUT2D eigenvalue weighted by atomic mass is 28.5. The molecule has 2 fully saturated rings. The van der Waals surface area contributed by atoms with E-state index in [1.54, 1.807) is 0 Å². The summed E-state index contributed by atoms with van der Waals surface area (Å²) in [5.74, 6) is 0. The zero-order valence-corrected chi connectivity index (χ0v) is 14.8. The lowest BCUT2D eigenvalue weighted by Gasteiger charge is -2.51. The van der Waals surface area contributed by atoms with Crippen LogP contribution in [0.5, 0.6) is 0 Å². The standard InChI is InChI=1S/C11H26O3Si3/c1-15(2)12-16(3,4)14-17(5,13-15)11-9-7-6-8-10-11/h11H,6-10H2,1-5H3. The lowest BCUT2D eigenvalue weighted by molar-refractivity contribution is 0.215. The molecule has 0 bridgehead atoms. The Morgan fingerprint density at radius 1 is 0.706 bits per heavy atom. The molecule has 1 saturated heterocycles. The second-order valence-corrected chi connectivity index (χ2v) is 17.4. The molecule has 3 nitrogen and oxygen atoms in total. The van der Waals surface area contributed by atoms with E-state index in [9.17, 15) is 0 Å². The van der Waals surface area contributed by atoms with Gasteiger partial charge in [-0.1, -0.05) is 19.3 Å². The summed E-state index contributed by atoms with van der Waals surface area (Å²) in [7, 11) is -5.90. The van der Waals surface area contributed by atoms with Crippen LogP contribution in [0.25, 0.3) is 0 Å². The van der Waals surface area contributed by atoms with E-state index in [0.717, 1.165) is 0 Å². The first-order chi connectivity index (χ1) is 7.73. The molecule has 1 aliphatic heterocycles. The summed E-state index contributed by atoms with van der Waals surface area (Å²) in [5, 5.41) is 0. The summed E-state index contributed by atoms with van der Waals surface area (Å²) >= 11 is 0. The summed E-state index contributed by atoms with van der Waals surface area (Å²) < 4.78 is 18.9. The van der Waals surface area contributed by atoms with E-state index < -0.39 is 25.7 Å². The monoisotopic (exact) mass is 290 g/mol. The molecule has 0 spiro atoms. The van der Waals surface area contributed by atoms with E-state index in [0.29, 0.717) is 5.54 Å². The Morgan fingerprint density at radius 2 is 1.18 bits per heavy atom. The van der Waals surface area contributed by atoms with Crippen LogP contribution in [-0.2, 0) is 12.3 Å². The van der Waals surface area contributed by atoms with Crippen molar-refractivity contribution in [3.05, 3.63) is 0 Å². The zero-order valence-electron chi connectivity index (χ0n) is 11.8. The average molecular weight is 291 g/mol. The quantitative estimate of drug-likeness (QED) is 0.686. The van der Waals surface area contributed by atoms with Crippen LogP contribution in [0.4, 0.5) is 0 Å². The summed E-state index contributed by atoms with van der Waals surface area (Å²) in [6.45, 7) is 11.0. The molecule has 1 aliphatic carbocycles. The Hall–Kier alpha value is 0.531. The molecule has 0 atom stereocenters. The molecule has 0 amide bonds. The smallest absolute Gasteiger partial charge is 0.320 e. The first-order valence-electron chi connectivity index (χ1n) is 6.83. The molecule has 0 radical (unpaired) electrons. The van der Waals surface area contributed by atoms with E-state index >= 15 is 0 Å². The van der Waals surface area contributed by atoms with Crippen molar-refractivity contribution in [3.63, 3.8) is 0 Å². The third kappa shape index (κ3) is 3.30. The molecular weight excluding hydrogens is 264 g/mol. The van der Waals surface area contributed by atoms with Crippen LogP contribution in [0.15, 0.2) is 0 Å². The molecule has 0 aromatic rings. The highest BCUT2D eigenvalue weighted by Gasteiger charge is 2.55. The molecule has 1 saturated carbocycles. The molecule has 0 unspecified atom stereocenters. The minimum atomic E-state index is -2.01. The summed E-state index contributed by atoms with van der Waals surface area (Å²) in [4.78, 5) is 0. The van der Waals surface area contributed by atoms with Gasteiger partial charge in [0.2, 0.25) is 0 Å². The fourth-order valence-corrected chi connectivity index (χ4v) is 20.4. The van der Waals surface area contributed by atoms with Crippen LogP contribution in [0.3, 0.4) is 0 Å². The van der Waals surface area contributed by atoms with Crippen molar-refractivity contribution in [3.8, 4) is 0 Å². The van der Waals surface area contributed by atoms with E-state index in [1.165, 1.54) is 32.1 Å². The van der Waals surface area contributed by atoms with Gasteiger partial charge >= 0.3 is 25.7 Å². The van der Waals surface area contributed by atoms with Gasteiger partial charge in [0.15, 0.2) is 0 Å². The van der Waals surface area contributed by atoms with Crippen LogP contribution in [0.1, 0.15) is 32.1 Å². The highest BCUT2D eigenvalue weighted by molar-refractivity contribution is 6.93. The fraction of sp³-hybridized carbons (Fsp3) is 1.00. The van der Waals surface area contributed by atoms with Gasteiger partial charge < -0.3 is 12.3 Å². The Morgan fingerprint density at radius 3 is 1.65 bits per heavy atom. The second kappa shape index (κ2) is 4.57. The van der Waals surface area contributed by atoms with Crippen molar-refractivity contribution < 1.29 is 12.3 Å². The largest absolute Gasteiger partial charge is 0.416 e. The van der Waals surface area contributed by atoms with Gasteiger partial charge in [0, 0.05) is 5.54 Å². The van der Waals surface area contributed by atoms with Crippen molar-refractivity contribution in [1.82, 2.24) is 0 Å². The van der Waals surface area contributed by atoms with Crippen molar-refractivity contribution in [2.24, 2.45) is 0 Å². The molecule has 0 aromatic heterocycles. The molecule has 17 heavy (non-hydrogen) atoms. The number of hydrogen-bond donors (Lipinski definition) is 0. The third-order valence-electron chi connectivity index (χ3n) is 3.74. The number of hydrogen-bond acceptors (Lipinski definition) is 3. The molecule has 2 rings (SSSR count). The molecule has 0 aromatic carbocycles. The maximum atomic E-state index is 6.40. The Bertz CT molecular complexity index is 272. The molecular formula is C11H26O3Si3. The minimum absolute atomic E-state index is 0.693. The van der Waals surface area contributed by atoms with Crippen LogP contribution < -0.4 is 0 Å². The maximum Gasteiger partial charge on any atom is 0.320 e. The molecule has 0 N–H and O–H groups in total. The topological polar surface area (TPSA) is 27.7 Å². The Labute approximate surface area is 109 Å². The van der Waals surface area contributed by atoms with Crippen LogP contribution >= 0.6 is 0 Å². The summed E-state index contributed by atoms with van der Waals surface area (Å²) in [6.07, 6.45) is 6.70. The third-order valence-corrected chi connectivity index (χ3v) is 16.9. The van der Waals surface area contributed by atoms with E-state index in [1.807, 2.05) is 0 Å². The van der Waals surface area contributed by atoms with Gasteiger partial charge in [-0.25, -0.2) is 0 Å². The summed E-state index contributed by atoms with van der Waals surface area (Å²) in [5.41, 5.74) is 0.693. The van der Waals surface area contributed by atoms with Gasteiger partial charge in [-0.2, -0.15) is 0 Å². The SMILES string of the molecule is C[Si]1(C)O[Si](C)(C)O[Si](C)(C2CCCCC2)O1. The first kappa shape index (κ1) is 14.0. The lowest BCUT2D eigenvalue weighted by Crippen LogP contribution is -2.67. The Balaban J connectivity index is 2.17. The lowest BCUT2D eigenvalue weighted by atomic mass is 10.0. The predicted molar refractivity (Wildman–Crippen MR) is 76.7 cm³/mol. The van der Waals surface area contributed by atoms with Gasteiger partial charge in [-0.3, -0.25) is 0 Å². The van der Waals surface area contributed by atoms with Gasteiger partial charge in [-0.15, -0.1) is 0 Å². The van der Waals surface area contributed by atoms with Gasteiger partial charge in [-0.05, 0) is 45.6 Å². The second-order valence-electron chi connectivity index (χ2n) is 6.46. The molecule has 2 aliphatic rings. The fourth-order valence-electron chi connectivity index (χ4n) is 3.42. The molecule has 100 valence electrons. The average Bonchev–Trinajstić information content (AvgIpc) is 2.13. The van der Waals surface area contributed by atoms with Crippen molar-refractivity contribution in [1.29, 1.82) is 0 Å². The van der Waals surface area contributed by atoms with Gasteiger partial charge in [0.1, 0.15) is 0 Å². The molecule has 1 heterocycles. The number of rotatable bonds is 1. The van der Waals surface area contributed by atoms with Crippen LogP contribution in [-0.4, -0.2) is 25.7 Å². The highest BCUT2D eigenvalue weighted by Crippen LogP contribution is 2.43. The van der Waals surface area contributed by atoms with Crippen LogP contribution in [0.2, 0.25) is 38.3 Å². The maximum absolute atomic E-state index is 6.40. The van der Waals surface area contributed by atoms with E-state index in [-0.39, 0.29) is 0 Å². The summed E-state index contributed by atoms with van der Waals surface area (Å²) in [6, 6.07) is 0. The minimum Gasteiger partial charge on any atom is -0.416 e. The molecule has 6 heteroatoms. The normalized spacial score (nSPS) is 32.3. The van der Waals surface area contributed by atoms with Crippen molar-refractivity contribution in [2.75, 3.05) is 0 Å². The predicted octanol–water partition coefficient (Wildman–Crippen LogP) is 3.86. The first-order valence-corrected chi connectivity index (χ1v) is 14.9. The Kier molecular flexibility index (Phi) is 3.75. The van der Waals surface area contributed by atoms with E-state index in [2.05, 4.69) is 32.7 Å². The van der Waals surface area contributed by atoms with E-state index in [4.69, 9.17) is 12.3 Å². The zero-order chi connectivity index (χ0) is 12.7. The van der Waals surface area contributed by atoms with Gasteiger partial charge in [0.25, 0.3) is 0 Å². The van der Waals surface area contributed by atoms with Gasteiger partial charge in [0.05, 0.1) is 0 Å². The van der Waals surface area contributed by atoms with Crippen LogP contribution in [0, 0.1) is 0 Å². The van der Waals surface area contributed by atoms with Crippen molar-refractivity contribution in [2.45, 2.75) is 70.4 Å². The van der Waals surface area contributed by atoms with Crippen molar-refractivity contribution >= 4 is 25.7 Å².